The molecule has 64 valence electrons. The number of aromatic nitrogens is 2. The number of halogens is 1. The first kappa shape index (κ1) is 4.55. The number of aryl methyl sites for hydroxylation is 1. The Morgan fingerprint density at radius 2 is 2.58 bits per heavy atom. The minimum atomic E-state index is -3.02. The molecule has 6 heteroatoms. The van der Waals surface area contributed by atoms with Crippen LogP contribution in [0.25, 0.3) is 0 Å². The van der Waals surface area contributed by atoms with Gasteiger partial charge in [0.2, 0.25) is 5.28 Å². The molecule has 0 aliphatic heterocycles. The summed E-state index contributed by atoms with van der Waals surface area (Å²) in [7, 11) is -2.08. The van der Waals surface area contributed by atoms with E-state index in [0.717, 1.165) is 6.20 Å². The van der Waals surface area contributed by atoms with Crippen LogP contribution in [0.3, 0.4) is 0 Å². The van der Waals surface area contributed by atoms with Gasteiger partial charge in [-0.05, 0) is 18.0 Å². The minimum absolute atomic E-state index is 0.377. The minimum Gasteiger partial charge on any atom is -0.423 e. The maximum atomic E-state index is 9.01. The number of hydrogen-bond donors (Lipinski definition) is 2. The quantitative estimate of drug-likeness (QED) is 0.483. The van der Waals surface area contributed by atoms with Gasteiger partial charge in [-0.3, -0.25) is 0 Å². The van der Waals surface area contributed by atoms with Crippen LogP contribution >= 0.6 is 11.6 Å². The van der Waals surface area contributed by atoms with Gasteiger partial charge in [0.15, 0.2) is 0 Å². The topological polar surface area (TPSA) is 66.2 Å². The van der Waals surface area contributed by atoms with Crippen molar-refractivity contribution >= 4 is 24.2 Å². The van der Waals surface area contributed by atoms with Gasteiger partial charge >= 0.3 is 7.12 Å². The van der Waals surface area contributed by atoms with Crippen LogP contribution in [-0.2, 0) is 6.37 Å². The summed E-state index contributed by atoms with van der Waals surface area (Å²) in [5.74, 6) is 0. The molecule has 1 aromatic heterocycles. The van der Waals surface area contributed by atoms with Crippen molar-refractivity contribution in [3.8, 4) is 0 Å². The summed E-state index contributed by atoms with van der Waals surface area (Å²) in [5, 5.41) is 17.6. The molecule has 0 fully saturated rings. The van der Waals surface area contributed by atoms with Crippen molar-refractivity contribution in [2.45, 2.75) is 13.2 Å². The van der Waals surface area contributed by atoms with E-state index in [0.29, 0.717) is 0 Å². The zero-order valence-corrected chi connectivity index (χ0v) is 6.58. The molecule has 0 amide bonds. The first-order chi connectivity index (χ1) is 7.57. The highest BCUT2D eigenvalue weighted by atomic mass is 35.5. The molecule has 1 rings (SSSR count). The van der Waals surface area contributed by atoms with Crippen molar-refractivity contribution in [2.75, 3.05) is 0 Å². The van der Waals surface area contributed by atoms with Crippen LogP contribution in [0.2, 0.25) is 5.28 Å². The second-order valence-electron chi connectivity index (χ2n) is 1.94. The molecule has 1 aromatic rings. The monoisotopic (exact) mass is 191 g/mol. The molecule has 0 saturated heterocycles. The van der Waals surface area contributed by atoms with E-state index in [1.54, 1.807) is 0 Å². The molecule has 0 aliphatic carbocycles. The third kappa shape index (κ3) is 1.94. The van der Waals surface area contributed by atoms with Gasteiger partial charge < -0.3 is 10.0 Å². The largest absolute Gasteiger partial charge is 0.491 e. The molecule has 12 heavy (non-hydrogen) atoms. The summed E-state index contributed by atoms with van der Waals surface area (Å²) >= 11 is 5.44. The van der Waals surface area contributed by atoms with Crippen LogP contribution in [0.4, 0.5) is 0 Å². The lowest BCUT2D eigenvalue weighted by molar-refractivity contribution is 0.425. The van der Waals surface area contributed by atoms with E-state index in [-0.39, 0.29) is 5.28 Å². The van der Waals surface area contributed by atoms with Crippen molar-refractivity contribution in [3.05, 3.63) is 17.2 Å². The lowest BCUT2D eigenvalue weighted by Crippen LogP contribution is -2.34. The maximum Gasteiger partial charge on any atom is 0.491 e. The van der Waals surface area contributed by atoms with Crippen LogP contribution in [0, 0.1) is 0 Å². The lowest BCUT2D eigenvalue weighted by atomic mass is 9.79. The SMILES string of the molecule is [2H]C([2H])([2H])C([2H])([2H])c1nc(Cl)ncc1B(O)O. The highest BCUT2D eigenvalue weighted by molar-refractivity contribution is 6.59. The van der Waals surface area contributed by atoms with E-state index in [1.165, 1.54) is 0 Å². The molecular weight excluding hydrogens is 178 g/mol. The summed E-state index contributed by atoms with van der Waals surface area (Å²) < 4.78 is 36.2. The van der Waals surface area contributed by atoms with Crippen LogP contribution in [0.15, 0.2) is 6.20 Å². The van der Waals surface area contributed by atoms with Gasteiger partial charge in [0.1, 0.15) is 0 Å². The Hall–Kier alpha value is -0.645. The van der Waals surface area contributed by atoms with Crippen LogP contribution < -0.4 is 5.46 Å². The number of hydrogen-bond acceptors (Lipinski definition) is 4. The number of rotatable bonds is 2. The second-order valence-corrected chi connectivity index (χ2v) is 2.28. The normalized spacial score (nSPS) is 18.4. The fourth-order valence-corrected chi connectivity index (χ4v) is 0.792. The van der Waals surface area contributed by atoms with Crippen molar-refractivity contribution in [1.29, 1.82) is 0 Å². The Kier molecular flexibility index (Phi) is 1.46. The molecule has 0 radical (unpaired) electrons. The van der Waals surface area contributed by atoms with Gasteiger partial charge in [0.05, 0.1) is 0 Å². The Bertz CT molecular complexity index is 427. The van der Waals surface area contributed by atoms with E-state index in [2.05, 4.69) is 9.97 Å². The zero-order valence-electron chi connectivity index (χ0n) is 10.8. The highest BCUT2D eigenvalue weighted by Gasteiger charge is 2.16. The zero-order chi connectivity index (χ0) is 13.4. The van der Waals surface area contributed by atoms with E-state index >= 15 is 0 Å². The molecule has 0 spiro atoms. The van der Waals surface area contributed by atoms with Crippen LogP contribution in [0.5, 0.6) is 0 Å². The molecule has 1 heterocycles. The summed E-state index contributed by atoms with van der Waals surface area (Å²) in [6, 6.07) is 0. The molecular formula is C6H8BClN2O2. The first-order valence-electron chi connectivity index (χ1n) is 5.46. The van der Waals surface area contributed by atoms with Gasteiger partial charge in [-0.15, -0.1) is 0 Å². The Balaban J connectivity index is 3.43. The van der Waals surface area contributed by atoms with Gasteiger partial charge in [0, 0.05) is 24.2 Å². The Labute approximate surface area is 82.4 Å². The molecule has 0 saturated carbocycles. The molecule has 0 atom stereocenters. The maximum absolute atomic E-state index is 9.01. The fourth-order valence-electron chi connectivity index (χ4n) is 0.659. The predicted molar refractivity (Wildman–Crippen MR) is 46.2 cm³/mol. The molecule has 2 N–H and O–H groups in total. The number of nitrogens with zero attached hydrogens (tertiary/aromatic N) is 2. The van der Waals surface area contributed by atoms with E-state index < -0.39 is 31.5 Å². The Morgan fingerprint density at radius 1 is 1.83 bits per heavy atom. The summed E-state index contributed by atoms with van der Waals surface area (Å²) in [6.07, 6.45) is -1.99. The van der Waals surface area contributed by atoms with E-state index in [1.807, 2.05) is 0 Å². The van der Waals surface area contributed by atoms with Crippen molar-refractivity contribution in [3.63, 3.8) is 0 Å². The lowest BCUT2D eigenvalue weighted by Gasteiger charge is -2.04. The molecule has 0 aliphatic rings. The van der Waals surface area contributed by atoms with Crippen molar-refractivity contribution in [1.82, 2.24) is 9.97 Å². The van der Waals surface area contributed by atoms with Crippen LogP contribution in [-0.4, -0.2) is 27.1 Å². The fraction of sp³-hybridized carbons (Fsp3) is 0.333. The second kappa shape index (κ2) is 3.84. The summed E-state index contributed by atoms with van der Waals surface area (Å²) in [5.41, 5.74) is -1.09. The van der Waals surface area contributed by atoms with Crippen molar-refractivity contribution < 1.29 is 16.9 Å². The van der Waals surface area contributed by atoms with E-state index in [4.69, 9.17) is 28.5 Å². The third-order valence-corrected chi connectivity index (χ3v) is 1.37. The third-order valence-electron chi connectivity index (χ3n) is 1.18. The van der Waals surface area contributed by atoms with Gasteiger partial charge in [0.25, 0.3) is 0 Å². The molecule has 0 aromatic carbocycles. The standard InChI is InChI=1S/C6H8BClN2O2/c1-2-5-4(7(11)12)3-9-6(8)10-5/h3,11-12H,2H2,1H3/i1D3,2D2. The summed E-state index contributed by atoms with van der Waals surface area (Å²) in [4.78, 5) is 6.87. The molecule has 0 bridgehead atoms. The smallest absolute Gasteiger partial charge is 0.423 e. The van der Waals surface area contributed by atoms with Crippen LogP contribution in [0.1, 0.15) is 19.4 Å². The van der Waals surface area contributed by atoms with Gasteiger partial charge in [-0.25, -0.2) is 9.97 Å². The Morgan fingerprint density at radius 3 is 3.17 bits per heavy atom. The summed E-state index contributed by atoms with van der Waals surface area (Å²) in [6.45, 7) is -3.02. The van der Waals surface area contributed by atoms with Gasteiger partial charge in [-0.1, -0.05) is 6.85 Å². The highest BCUT2D eigenvalue weighted by Crippen LogP contribution is 2.00. The molecule has 4 nitrogen and oxygen atoms in total. The van der Waals surface area contributed by atoms with Gasteiger partial charge in [-0.2, -0.15) is 0 Å². The average Bonchev–Trinajstić information content (AvgIpc) is 2.15. The molecule has 0 unspecified atom stereocenters. The average molecular weight is 191 g/mol. The first-order valence-corrected chi connectivity index (χ1v) is 3.34. The van der Waals surface area contributed by atoms with Crippen molar-refractivity contribution in [2.24, 2.45) is 0 Å². The predicted octanol–water partition coefficient (Wildman–Crippen LogP) is -0.628. The van der Waals surface area contributed by atoms with E-state index in [9.17, 15) is 0 Å².